The van der Waals surface area contributed by atoms with Crippen LogP contribution >= 0.6 is 0 Å². The molecule has 0 aromatic carbocycles. The fourth-order valence-corrected chi connectivity index (χ4v) is 0. The van der Waals surface area contributed by atoms with Gasteiger partial charge in [-0.2, -0.15) is 0 Å². The van der Waals surface area contributed by atoms with Gasteiger partial charge in [0.2, 0.25) is 0 Å². The minimum Gasteiger partial charge on any atom is -0.103 e. The summed E-state index contributed by atoms with van der Waals surface area (Å²) in [6, 6.07) is 2.44. The predicted octanol–water partition coefficient (Wildman–Crippen LogP) is -0.0878. The normalized spacial score (nSPS) is 7.00. The van der Waals surface area contributed by atoms with Crippen molar-refractivity contribution in [2.75, 3.05) is 0 Å². The Bertz CT molecular complexity index is 42.5. The van der Waals surface area contributed by atoms with Gasteiger partial charge in [0.05, 0.1) is 0 Å². The van der Waals surface area contributed by atoms with Crippen LogP contribution in [0.15, 0.2) is 25.3 Å². The smallest absolute Gasteiger partial charge is 0.00753 e. The lowest BCUT2D eigenvalue weighted by Crippen LogP contribution is -1.47. The second-order valence-electron chi connectivity index (χ2n) is 1.39. The fraction of sp³-hybridized carbons (Fsp3) is 0.333. The van der Waals surface area contributed by atoms with E-state index in [4.69, 9.17) is 0 Å². The molecule has 0 saturated heterocycles. The zero-order valence-corrected chi connectivity index (χ0v) is 9.98. The van der Waals surface area contributed by atoms with Crippen molar-refractivity contribution in [2.24, 2.45) is 0 Å². The van der Waals surface area contributed by atoms with Crippen LogP contribution in [0.25, 0.3) is 0 Å². The van der Waals surface area contributed by atoms with Gasteiger partial charge in [-0.1, -0.05) is 12.2 Å². The van der Waals surface area contributed by atoms with Gasteiger partial charge in [0, 0.05) is 20.5 Å². The first-order valence-electron chi connectivity index (χ1n) is 3.05. The summed E-state index contributed by atoms with van der Waals surface area (Å²) in [5.74, 6) is 0. The van der Waals surface area contributed by atoms with E-state index in [0.717, 1.165) is 0 Å². The molecule has 0 radical (unpaired) electrons. The Morgan fingerprint density at radius 3 is 1.12 bits per heavy atom. The molecule has 0 rings (SSSR count). The standard InChI is InChI=1S/2C3H8Si/c2*1-2-3-4/h2*2H,1,3H2,4H3. The molecule has 0 nitrogen and oxygen atoms in total. The highest BCUT2D eigenvalue weighted by atomic mass is 28.1. The number of hydrogen-bond donors (Lipinski definition) is 0. The molecule has 0 aromatic heterocycles. The number of rotatable bonds is 2. The van der Waals surface area contributed by atoms with E-state index in [1.165, 1.54) is 32.6 Å². The molecule has 2 heteroatoms. The first-order valence-corrected chi connectivity index (χ1v) is 5.88. The molecule has 0 saturated carbocycles. The summed E-state index contributed by atoms with van der Waals surface area (Å²) >= 11 is 0. The molecule has 0 spiro atoms. The summed E-state index contributed by atoms with van der Waals surface area (Å²) in [5.41, 5.74) is 0. The van der Waals surface area contributed by atoms with E-state index in [-0.39, 0.29) is 0 Å². The van der Waals surface area contributed by atoms with E-state index in [2.05, 4.69) is 13.2 Å². The lowest BCUT2D eigenvalue weighted by atomic mass is 10.8. The van der Waals surface area contributed by atoms with Crippen LogP contribution in [0.2, 0.25) is 12.1 Å². The van der Waals surface area contributed by atoms with Crippen LogP contribution in [0.5, 0.6) is 0 Å². The van der Waals surface area contributed by atoms with Gasteiger partial charge in [0.1, 0.15) is 0 Å². The molecule has 0 bridgehead atoms. The van der Waals surface area contributed by atoms with Crippen molar-refractivity contribution < 1.29 is 0 Å². The van der Waals surface area contributed by atoms with Crippen LogP contribution in [0.4, 0.5) is 0 Å². The third kappa shape index (κ3) is 39.0. The molecule has 0 aliphatic carbocycles. The van der Waals surface area contributed by atoms with Gasteiger partial charge in [-0.25, -0.2) is 0 Å². The Hall–Kier alpha value is -0.0862. The van der Waals surface area contributed by atoms with Crippen molar-refractivity contribution in [3.63, 3.8) is 0 Å². The molecule has 0 unspecified atom stereocenters. The molecule has 8 heavy (non-hydrogen) atoms. The summed E-state index contributed by atoms with van der Waals surface area (Å²) < 4.78 is 0. The average molecular weight is 144 g/mol. The highest BCUT2D eigenvalue weighted by Crippen LogP contribution is 1.62. The summed E-state index contributed by atoms with van der Waals surface area (Å²) in [6.45, 7) is 7.03. The topological polar surface area (TPSA) is 0 Å². The monoisotopic (exact) mass is 144 g/mol. The minimum atomic E-state index is 1.22. The Balaban J connectivity index is 0. The van der Waals surface area contributed by atoms with Gasteiger partial charge in [0.15, 0.2) is 0 Å². The maximum absolute atomic E-state index is 3.51. The van der Waals surface area contributed by atoms with Crippen LogP contribution in [0.1, 0.15) is 0 Å². The van der Waals surface area contributed by atoms with E-state index in [1.54, 1.807) is 0 Å². The molecule has 0 fully saturated rings. The summed E-state index contributed by atoms with van der Waals surface area (Å²) in [4.78, 5) is 0. The largest absolute Gasteiger partial charge is 0.103 e. The molecule has 0 atom stereocenters. The van der Waals surface area contributed by atoms with Crippen LogP contribution in [0, 0.1) is 0 Å². The Labute approximate surface area is 58.5 Å². The van der Waals surface area contributed by atoms with Crippen molar-refractivity contribution in [3.05, 3.63) is 25.3 Å². The van der Waals surface area contributed by atoms with Crippen molar-refractivity contribution in [2.45, 2.75) is 12.1 Å². The quantitative estimate of drug-likeness (QED) is 0.375. The third-order valence-electron chi connectivity index (χ3n) is 0.577. The van der Waals surface area contributed by atoms with Crippen LogP contribution < -0.4 is 0 Å². The Kier molecular flexibility index (Phi) is 21.3. The highest BCUT2D eigenvalue weighted by Gasteiger charge is 1.46. The second-order valence-corrected chi connectivity index (χ2v) is 3.03. The molecule has 0 amide bonds. The summed E-state index contributed by atoms with van der Waals surface area (Å²) in [5, 5.41) is 0. The van der Waals surface area contributed by atoms with E-state index >= 15 is 0 Å². The van der Waals surface area contributed by atoms with Crippen molar-refractivity contribution >= 4 is 20.5 Å². The van der Waals surface area contributed by atoms with Crippen LogP contribution in [-0.4, -0.2) is 20.5 Å². The zero-order chi connectivity index (χ0) is 6.83. The summed E-state index contributed by atoms with van der Waals surface area (Å²) in [6.07, 6.45) is 3.87. The van der Waals surface area contributed by atoms with Gasteiger partial charge in [-0.15, -0.1) is 13.2 Å². The molecule has 0 N–H and O–H groups in total. The van der Waals surface area contributed by atoms with E-state index in [0.29, 0.717) is 0 Å². The summed E-state index contributed by atoms with van der Waals surface area (Å²) in [7, 11) is 2.54. The van der Waals surface area contributed by atoms with Crippen LogP contribution in [0.3, 0.4) is 0 Å². The van der Waals surface area contributed by atoms with Crippen molar-refractivity contribution in [3.8, 4) is 0 Å². The maximum atomic E-state index is 3.51. The Morgan fingerprint density at radius 1 is 1.00 bits per heavy atom. The van der Waals surface area contributed by atoms with Crippen LogP contribution in [-0.2, 0) is 0 Å². The van der Waals surface area contributed by atoms with Crippen molar-refractivity contribution in [1.29, 1.82) is 0 Å². The maximum Gasteiger partial charge on any atom is 0.00753 e. The van der Waals surface area contributed by atoms with E-state index in [1.807, 2.05) is 12.2 Å². The second kappa shape index (κ2) is 15.8. The zero-order valence-electron chi connectivity index (χ0n) is 5.98. The minimum absolute atomic E-state index is 1.22. The van der Waals surface area contributed by atoms with Crippen molar-refractivity contribution in [1.82, 2.24) is 0 Å². The third-order valence-corrected chi connectivity index (χ3v) is 1.73. The SMILES string of the molecule is C=CC[SiH3].C=CC[SiH3]. The molecule has 0 heterocycles. The van der Waals surface area contributed by atoms with Gasteiger partial charge in [0.25, 0.3) is 0 Å². The molecule has 0 aromatic rings. The fourth-order valence-electron chi connectivity index (χ4n) is 0. The number of allylic oxidation sites excluding steroid dienone is 2. The van der Waals surface area contributed by atoms with Gasteiger partial charge in [-0.3, -0.25) is 0 Å². The first-order chi connectivity index (χ1) is 3.83. The van der Waals surface area contributed by atoms with E-state index < -0.39 is 0 Å². The lowest BCUT2D eigenvalue weighted by Gasteiger charge is -1.57. The Morgan fingerprint density at radius 2 is 1.12 bits per heavy atom. The first kappa shape index (κ1) is 10.8. The van der Waals surface area contributed by atoms with Gasteiger partial charge in [-0.05, 0) is 12.1 Å². The highest BCUT2D eigenvalue weighted by molar-refractivity contribution is 6.09. The molecule has 0 aliphatic heterocycles. The lowest BCUT2D eigenvalue weighted by molar-refractivity contribution is 1.76. The van der Waals surface area contributed by atoms with Gasteiger partial charge >= 0.3 is 0 Å². The molecule has 48 valence electrons. The molecular weight excluding hydrogens is 128 g/mol. The van der Waals surface area contributed by atoms with Gasteiger partial charge < -0.3 is 0 Å². The molecule has 0 aliphatic rings. The average Bonchev–Trinajstić information content (AvgIpc) is 1.88. The number of hydrogen-bond acceptors (Lipinski definition) is 0. The predicted molar refractivity (Wildman–Crippen MR) is 49.9 cm³/mol. The van der Waals surface area contributed by atoms with E-state index in [9.17, 15) is 0 Å². The molecular formula is C6H16Si2.